The standard InChI is InChI=1S/C8H13NO3S/c1-2-3-4-13(11,12)9-5-8(6-9)7-10/h8,10H,4-7H2,1H3. The van der Waals surface area contributed by atoms with E-state index < -0.39 is 10.0 Å². The third-order valence-corrected chi connectivity index (χ3v) is 3.60. The number of sulfonamides is 1. The van der Waals surface area contributed by atoms with Gasteiger partial charge in [0.05, 0.1) is 0 Å². The monoisotopic (exact) mass is 203 g/mol. The summed E-state index contributed by atoms with van der Waals surface area (Å²) < 4.78 is 24.1. The van der Waals surface area contributed by atoms with Crippen LogP contribution in [0, 0.1) is 17.8 Å². The topological polar surface area (TPSA) is 57.6 Å². The minimum atomic E-state index is -3.18. The summed E-state index contributed by atoms with van der Waals surface area (Å²) in [5.74, 6) is 5.08. The van der Waals surface area contributed by atoms with Gasteiger partial charge in [0.2, 0.25) is 10.0 Å². The van der Waals surface area contributed by atoms with Gasteiger partial charge < -0.3 is 5.11 Å². The smallest absolute Gasteiger partial charge is 0.225 e. The molecule has 1 aliphatic heterocycles. The Morgan fingerprint density at radius 2 is 2.15 bits per heavy atom. The molecule has 5 heteroatoms. The molecule has 0 atom stereocenters. The quantitative estimate of drug-likeness (QED) is 0.615. The fourth-order valence-electron chi connectivity index (χ4n) is 1.12. The Labute approximate surface area is 78.6 Å². The van der Waals surface area contributed by atoms with E-state index in [-0.39, 0.29) is 18.3 Å². The van der Waals surface area contributed by atoms with Gasteiger partial charge in [0.15, 0.2) is 0 Å². The molecule has 0 aliphatic carbocycles. The molecule has 4 nitrogen and oxygen atoms in total. The van der Waals surface area contributed by atoms with Crippen LogP contribution in [0.4, 0.5) is 0 Å². The van der Waals surface area contributed by atoms with E-state index in [0.29, 0.717) is 13.1 Å². The van der Waals surface area contributed by atoms with Crippen LogP contribution in [0.5, 0.6) is 0 Å². The van der Waals surface area contributed by atoms with Gasteiger partial charge in [-0.05, 0) is 6.92 Å². The van der Waals surface area contributed by atoms with Crippen LogP contribution in [-0.4, -0.2) is 43.3 Å². The third-order valence-electron chi connectivity index (χ3n) is 2.01. The van der Waals surface area contributed by atoms with Crippen molar-refractivity contribution in [1.82, 2.24) is 4.31 Å². The maximum Gasteiger partial charge on any atom is 0.225 e. The Morgan fingerprint density at radius 3 is 2.62 bits per heavy atom. The lowest BCUT2D eigenvalue weighted by atomic mass is 10.1. The Balaban J connectivity index is 2.48. The highest BCUT2D eigenvalue weighted by Gasteiger charge is 2.34. The van der Waals surface area contributed by atoms with Gasteiger partial charge in [-0.25, -0.2) is 12.7 Å². The van der Waals surface area contributed by atoms with E-state index >= 15 is 0 Å². The van der Waals surface area contributed by atoms with E-state index in [1.807, 2.05) is 0 Å². The first-order chi connectivity index (χ1) is 6.10. The molecule has 1 N–H and O–H groups in total. The summed E-state index contributed by atoms with van der Waals surface area (Å²) >= 11 is 0. The van der Waals surface area contributed by atoms with Crippen LogP contribution in [0.3, 0.4) is 0 Å². The maximum atomic E-state index is 11.4. The fraction of sp³-hybridized carbons (Fsp3) is 0.750. The minimum absolute atomic E-state index is 0.0610. The number of rotatable bonds is 3. The van der Waals surface area contributed by atoms with Crippen molar-refractivity contribution < 1.29 is 13.5 Å². The van der Waals surface area contributed by atoms with Crippen LogP contribution in [0.2, 0.25) is 0 Å². The summed E-state index contributed by atoms with van der Waals surface area (Å²) in [5, 5.41) is 8.70. The number of aliphatic hydroxyl groups excluding tert-OH is 1. The minimum Gasteiger partial charge on any atom is -0.396 e. The second kappa shape index (κ2) is 4.09. The molecule has 0 aromatic rings. The van der Waals surface area contributed by atoms with Crippen LogP contribution in [-0.2, 0) is 10.0 Å². The lowest BCUT2D eigenvalue weighted by Gasteiger charge is -2.36. The van der Waals surface area contributed by atoms with Crippen molar-refractivity contribution in [1.29, 1.82) is 0 Å². The SMILES string of the molecule is CC#CCS(=O)(=O)N1CC(CO)C1. The molecular formula is C8H13NO3S. The lowest BCUT2D eigenvalue weighted by Crippen LogP contribution is -2.51. The molecular weight excluding hydrogens is 190 g/mol. The summed E-state index contributed by atoms with van der Waals surface area (Å²) in [7, 11) is -3.18. The Kier molecular flexibility index (Phi) is 3.31. The largest absolute Gasteiger partial charge is 0.396 e. The predicted octanol–water partition coefficient (Wildman–Crippen LogP) is -0.736. The van der Waals surface area contributed by atoms with Crippen molar-refractivity contribution in [2.45, 2.75) is 6.92 Å². The zero-order valence-electron chi connectivity index (χ0n) is 7.52. The molecule has 0 amide bonds. The van der Waals surface area contributed by atoms with E-state index in [4.69, 9.17) is 5.11 Å². The molecule has 0 radical (unpaired) electrons. The van der Waals surface area contributed by atoms with Crippen LogP contribution >= 0.6 is 0 Å². The highest BCUT2D eigenvalue weighted by Crippen LogP contribution is 2.18. The van der Waals surface area contributed by atoms with Gasteiger partial charge >= 0.3 is 0 Å². The molecule has 1 rings (SSSR count). The van der Waals surface area contributed by atoms with E-state index in [2.05, 4.69) is 11.8 Å². The average Bonchev–Trinajstić information content (AvgIpc) is 1.98. The zero-order valence-corrected chi connectivity index (χ0v) is 8.34. The summed E-state index contributed by atoms with van der Waals surface area (Å²) in [5.41, 5.74) is 0. The van der Waals surface area contributed by atoms with Gasteiger partial charge in [-0.2, -0.15) is 0 Å². The number of aliphatic hydroxyl groups is 1. The van der Waals surface area contributed by atoms with Crippen LogP contribution in [0.25, 0.3) is 0 Å². The fourth-order valence-corrected chi connectivity index (χ4v) is 2.50. The van der Waals surface area contributed by atoms with Gasteiger partial charge in [-0.3, -0.25) is 0 Å². The summed E-state index contributed by atoms with van der Waals surface area (Å²) in [6, 6.07) is 0. The number of nitrogens with zero attached hydrogens (tertiary/aromatic N) is 1. The van der Waals surface area contributed by atoms with Gasteiger partial charge in [0.1, 0.15) is 5.75 Å². The average molecular weight is 203 g/mol. The highest BCUT2D eigenvalue weighted by atomic mass is 32.2. The Morgan fingerprint density at radius 1 is 1.54 bits per heavy atom. The summed E-state index contributed by atoms with van der Waals surface area (Å²) in [4.78, 5) is 0. The summed E-state index contributed by atoms with van der Waals surface area (Å²) in [6.45, 7) is 2.54. The van der Waals surface area contributed by atoms with Crippen LogP contribution in [0.1, 0.15) is 6.92 Å². The number of hydrogen-bond acceptors (Lipinski definition) is 3. The molecule has 13 heavy (non-hydrogen) atoms. The second-order valence-electron chi connectivity index (χ2n) is 3.05. The molecule has 0 aromatic carbocycles. The molecule has 1 heterocycles. The van der Waals surface area contributed by atoms with Crippen molar-refractivity contribution in [3.05, 3.63) is 0 Å². The molecule has 0 bridgehead atoms. The number of hydrogen-bond donors (Lipinski definition) is 1. The van der Waals surface area contributed by atoms with Crippen LogP contribution in [0.15, 0.2) is 0 Å². The highest BCUT2D eigenvalue weighted by molar-refractivity contribution is 7.89. The first kappa shape index (κ1) is 10.5. The van der Waals surface area contributed by atoms with E-state index in [1.54, 1.807) is 6.92 Å². The van der Waals surface area contributed by atoms with E-state index in [1.165, 1.54) is 4.31 Å². The van der Waals surface area contributed by atoms with Crippen molar-refractivity contribution in [2.24, 2.45) is 5.92 Å². The van der Waals surface area contributed by atoms with Gasteiger partial charge in [0, 0.05) is 25.6 Å². The van der Waals surface area contributed by atoms with E-state index in [0.717, 1.165) is 0 Å². The molecule has 0 aromatic heterocycles. The molecule has 0 saturated carbocycles. The molecule has 0 unspecified atom stereocenters. The molecule has 1 aliphatic rings. The third kappa shape index (κ3) is 2.44. The lowest BCUT2D eigenvalue weighted by molar-refractivity contribution is 0.117. The Bertz CT molecular complexity index is 319. The maximum absolute atomic E-state index is 11.4. The first-order valence-corrected chi connectivity index (χ1v) is 5.69. The zero-order chi connectivity index (χ0) is 9.90. The normalized spacial score (nSPS) is 18.9. The Hall–Kier alpha value is -0.570. The van der Waals surface area contributed by atoms with Crippen molar-refractivity contribution in [3.8, 4) is 11.8 Å². The van der Waals surface area contributed by atoms with Crippen molar-refractivity contribution in [2.75, 3.05) is 25.4 Å². The second-order valence-corrected chi connectivity index (χ2v) is 5.02. The van der Waals surface area contributed by atoms with Gasteiger partial charge in [0.25, 0.3) is 0 Å². The van der Waals surface area contributed by atoms with Crippen molar-refractivity contribution in [3.63, 3.8) is 0 Å². The van der Waals surface area contributed by atoms with Gasteiger partial charge in [-0.1, -0.05) is 5.92 Å². The first-order valence-electron chi connectivity index (χ1n) is 4.08. The van der Waals surface area contributed by atoms with Gasteiger partial charge in [-0.15, -0.1) is 5.92 Å². The predicted molar refractivity (Wildman–Crippen MR) is 49.4 cm³/mol. The van der Waals surface area contributed by atoms with E-state index in [9.17, 15) is 8.42 Å². The molecule has 74 valence electrons. The molecule has 0 spiro atoms. The van der Waals surface area contributed by atoms with Crippen molar-refractivity contribution >= 4 is 10.0 Å². The summed E-state index contributed by atoms with van der Waals surface area (Å²) in [6.07, 6.45) is 0. The molecule has 1 saturated heterocycles. The molecule has 1 fully saturated rings. The van der Waals surface area contributed by atoms with Crippen LogP contribution < -0.4 is 0 Å².